The van der Waals surface area contributed by atoms with Gasteiger partial charge in [-0.1, -0.05) is 37.8 Å². The van der Waals surface area contributed by atoms with E-state index >= 15 is 0 Å². The number of hydrogen-bond donors (Lipinski definition) is 0. The summed E-state index contributed by atoms with van der Waals surface area (Å²) in [5.41, 5.74) is -0.0253. The molecule has 0 aromatic heterocycles. The minimum Gasteiger partial charge on any atom is -0.299 e. The second-order valence-corrected chi connectivity index (χ2v) is 5.57. The zero-order chi connectivity index (χ0) is 14.5. The second kappa shape index (κ2) is 6.79. The monoisotopic (exact) mass is 280 g/mol. The summed E-state index contributed by atoms with van der Waals surface area (Å²) in [6.45, 7) is 0.429. The van der Waals surface area contributed by atoms with Crippen molar-refractivity contribution in [2.75, 3.05) is 7.05 Å². The largest absolute Gasteiger partial charge is 0.305 e. The van der Waals surface area contributed by atoms with Crippen molar-refractivity contribution in [2.24, 2.45) is 0 Å². The molecule has 0 N–H and O–H groups in total. The summed E-state index contributed by atoms with van der Waals surface area (Å²) in [6.07, 6.45) is 7.24. The van der Waals surface area contributed by atoms with Crippen molar-refractivity contribution >= 4 is 5.69 Å². The van der Waals surface area contributed by atoms with Crippen LogP contribution < -0.4 is 0 Å². The first-order chi connectivity index (χ1) is 9.59. The Morgan fingerprint density at radius 2 is 1.95 bits per heavy atom. The summed E-state index contributed by atoms with van der Waals surface area (Å²) in [7, 11) is 1.98. The molecule has 0 spiro atoms. The molecule has 0 aliphatic heterocycles. The maximum absolute atomic E-state index is 14.1. The molecule has 2 rings (SSSR count). The molecule has 4 nitrogen and oxygen atoms in total. The van der Waals surface area contributed by atoms with Crippen molar-refractivity contribution < 1.29 is 9.31 Å². The molecule has 0 atom stereocenters. The third-order valence-corrected chi connectivity index (χ3v) is 4.12. The van der Waals surface area contributed by atoms with Gasteiger partial charge in [-0.3, -0.25) is 15.0 Å². The summed E-state index contributed by atoms with van der Waals surface area (Å²) in [5.74, 6) is -0.696. The Hall–Kier alpha value is -1.49. The van der Waals surface area contributed by atoms with Crippen LogP contribution in [0, 0.1) is 15.9 Å². The molecule has 0 heterocycles. The average Bonchev–Trinajstić information content (AvgIpc) is 2.69. The number of benzene rings is 1. The topological polar surface area (TPSA) is 46.4 Å². The molecule has 0 saturated heterocycles. The van der Waals surface area contributed by atoms with Gasteiger partial charge in [0.05, 0.1) is 4.92 Å². The molecule has 0 unspecified atom stereocenters. The fourth-order valence-corrected chi connectivity index (χ4v) is 2.93. The average molecular weight is 280 g/mol. The fourth-order valence-electron chi connectivity index (χ4n) is 2.93. The van der Waals surface area contributed by atoms with Crippen molar-refractivity contribution in [1.82, 2.24) is 4.90 Å². The van der Waals surface area contributed by atoms with Crippen LogP contribution in [-0.4, -0.2) is 22.9 Å². The SMILES string of the molecule is CN(Cc1cccc([N+](=O)[O-])c1F)C1CCCCCC1. The molecule has 20 heavy (non-hydrogen) atoms. The highest BCUT2D eigenvalue weighted by Crippen LogP contribution is 2.25. The van der Waals surface area contributed by atoms with E-state index in [1.54, 1.807) is 12.1 Å². The molecule has 1 aliphatic rings. The third-order valence-electron chi connectivity index (χ3n) is 4.12. The van der Waals surface area contributed by atoms with E-state index in [9.17, 15) is 14.5 Å². The van der Waals surface area contributed by atoms with Crippen LogP contribution in [0.25, 0.3) is 0 Å². The number of nitro benzene ring substituents is 1. The Balaban J connectivity index is 2.08. The number of nitro groups is 1. The molecule has 0 amide bonds. The smallest absolute Gasteiger partial charge is 0.299 e. The molecule has 0 bridgehead atoms. The molecule has 110 valence electrons. The Kier molecular flexibility index (Phi) is 5.06. The molecule has 1 fully saturated rings. The van der Waals surface area contributed by atoms with Gasteiger partial charge in [-0.25, -0.2) is 0 Å². The van der Waals surface area contributed by atoms with Gasteiger partial charge in [0, 0.05) is 24.2 Å². The molecule has 1 saturated carbocycles. The van der Waals surface area contributed by atoms with Crippen molar-refractivity contribution in [2.45, 2.75) is 51.1 Å². The van der Waals surface area contributed by atoms with Gasteiger partial charge in [-0.2, -0.15) is 4.39 Å². The zero-order valence-corrected chi connectivity index (χ0v) is 11.8. The highest BCUT2D eigenvalue weighted by Gasteiger charge is 2.21. The Labute approximate surface area is 118 Å². The number of nitrogens with zero attached hydrogens (tertiary/aromatic N) is 2. The highest BCUT2D eigenvalue weighted by atomic mass is 19.1. The molecule has 1 aliphatic carbocycles. The molecular weight excluding hydrogens is 259 g/mol. The first-order valence-electron chi connectivity index (χ1n) is 7.21. The van der Waals surface area contributed by atoms with E-state index in [0.29, 0.717) is 18.2 Å². The van der Waals surface area contributed by atoms with E-state index < -0.39 is 16.4 Å². The lowest BCUT2D eigenvalue weighted by Crippen LogP contribution is -2.31. The quantitative estimate of drug-likeness (QED) is 0.477. The summed E-state index contributed by atoms with van der Waals surface area (Å²) in [4.78, 5) is 12.2. The van der Waals surface area contributed by atoms with Crippen LogP contribution in [0.4, 0.5) is 10.1 Å². The first-order valence-corrected chi connectivity index (χ1v) is 7.21. The van der Waals surface area contributed by atoms with E-state index in [0.717, 1.165) is 12.8 Å². The van der Waals surface area contributed by atoms with Crippen molar-refractivity contribution in [3.05, 3.63) is 39.7 Å². The van der Waals surface area contributed by atoms with Crippen molar-refractivity contribution in [3.63, 3.8) is 0 Å². The van der Waals surface area contributed by atoms with Crippen LogP contribution in [0.3, 0.4) is 0 Å². The molecule has 5 heteroatoms. The van der Waals surface area contributed by atoms with Gasteiger partial charge >= 0.3 is 5.69 Å². The predicted octanol–water partition coefficient (Wildman–Crippen LogP) is 3.89. The van der Waals surface area contributed by atoms with Crippen LogP contribution in [-0.2, 0) is 6.54 Å². The molecular formula is C15H21FN2O2. The van der Waals surface area contributed by atoms with Crippen LogP contribution in [0.5, 0.6) is 0 Å². The summed E-state index contributed by atoms with van der Waals surface area (Å²) in [5, 5.41) is 10.8. The lowest BCUT2D eigenvalue weighted by molar-refractivity contribution is -0.387. The van der Waals surface area contributed by atoms with Gasteiger partial charge < -0.3 is 0 Å². The lowest BCUT2D eigenvalue weighted by Gasteiger charge is -2.27. The summed E-state index contributed by atoms with van der Waals surface area (Å²) >= 11 is 0. The normalized spacial score (nSPS) is 17.1. The first kappa shape index (κ1) is 14.9. The van der Waals surface area contributed by atoms with Gasteiger partial charge in [-0.15, -0.1) is 0 Å². The summed E-state index contributed by atoms with van der Waals surface area (Å²) in [6, 6.07) is 4.86. The summed E-state index contributed by atoms with van der Waals surface area (Å²) < 4.78 is 14.1. The van der Waals surface area contributed by atoms with Crippen LogP contribution >= 0.6 is 0 Å². The van der Waals surface area contributed by atoms with Crippen LogP contribution in [0.15, 0.2) is 18.2 Å². The Morgan fingerprint density at radius 1 is 1.30 bits per heavy atom. The molecule has 1 aromatic rings. The number of halogens is 1. The van der Waals surface area contributed by atoms with E-state index in [2.05, 4.69) is 4.90 Å². The number of hydrogen-bond acceptors (Lipinski definition) is 3. The minimum atomic E-state index is -0.696. The van der Waals surface area contributed by atoms with E-state index in [1.807, 2.05) is 7.05 Å². The maximum atomic E-state index is 14.1. The van der Waals surface area contributed by atoms with E-state index in [4.69, 9.17) is 0 Å². The minimum absolute atomic E-state index is 0.408. The number of rotatable bonds is 4. The van der Waals surface area contributed by atoms with Crippen LogP contribution in [0.2, 0.25) is 0 Å². The second-order valence-electron chi connectivity index (χ2n) is 5.57. The van der Waals surface area contributed by atoms with Gasteiger partial charge in [0.1, 0.15) is 0 Å². The lowest BCUT2D eigenvalue weighted by atomic mass is 10.1. The van der Waals surface area contributed by atoms with Gasteiger partial charge in [0.25, 0.3) is 0 Å². The Morgan fingerprint density at radius 3 is 2.55 bits per heavy atom. The standard InChI is InChI=1S/C15H21FN2O2/c1-17(13-8-4-2-3-5-9-13)11-12-7-6-10-14(15(12)16)18(19)20/h6-7,10,13H,2-5,8-9,11H2,1H3. The highest BCUT2D eigenvalue weighted by molar-refractivity contribution is 5.36. The van der Waals surface area contributed by atoms with E-state index in [-0.39, 0.29) is 0 Å². The van der Waals surface area contributed by atoms with Crippen LogP contribution in [0.1, 0.15) is 44.1 Å². The van der Waals surface area contributed by atoms with Gasteiger partial charge in [0.15, 0.2) is 0 Å². The molecule has 1 aromatic carbocycles. The van der Waals surface area contributed by atoms with Gasteiger partial charge in [-0.05, 0) is 19.9 Å². The van der Waals surface area contributed by atoms with Gasteiger partial charge in [0.2, 0.25) is 5.82 Å². The van der Waals surface area contributed by atoms with E-state index in [1.165, 1.54) is 31.7 Å². The Bertz CT molecular complexity index is 471. The third kappa shape index (κ3) is 3.54. The van der Waals surface area contributed by atoms with Crippen molar-refractivity contribution in [3.8, 4) is 0 Å². The predicted molar refractivity (Wildman–Crippen MR) is 76.0 cm³/mol. The maximum Gasteiger partial charge on any atom is 0.305 e. The zero-order valence-electron chi connectivity index (χ0n) is 11.8. The fraction of sp³-hybridized carbons (Fsp3) is 0.600. The molecule has 0 radical (unpaired) electrons. The van der Waals surface area contributed by atoms with Crippen molar-refractivity contribution in [1.29, 1.82) is 0 Å².